The molecule has 4 nitrogen and oxygen atoms in total. The zero-order valence-electron chi connectivity index (χ0n) is 11.1. The molecule has 0 radical (unpaired) electrons. The molecule has 0 aromatic heterocycles. The fraction of sp³-hybridized carbons (Fsp3) is 0.462. The number of carbonyl (C=O) groups is 1. The molecule has 0 aliphatic heterocycles. The van der Waals surface area contributed by atoms with Gasteiger partial charge in [0, 0.05) is 12.6 Å². The number of benzene rings is 1. The number of hydrogen-bond acceptors (Lipinski definition) is 3. The quantitative estimate of drug-likeness (QED) is 0.811. The van der Waals surface area contributed by atoms with Crippen LogP contribution in [-0.4, -0.2) is 25.1 Å². The van der Waals surface area contributed by atoms with Crippen molar-refractivity contribution in [3.8, 4) is 5.75 Å². The van der Waals surface area contributed by atoms with Crippen LogP contribution in [0.4, 0.5) is 8.78 Å². The van der Waals surface area contributed by atoms with E-state index in [0.29, 0.717) is 13.0 Å². The van der Waals surface area contributed by atoms with Gasteiger partial charge in [0.2, 0.25) is 5.91 Å². The van der Waals surface area contributed by atoms with Gasteiger partial charge in [0.1, 0.15) is 5.75 Å². The van der Waals surface area contributed by atoms with Gasteiger partial charge < -0.3 is 15.8 Å². The smallest absolute Gasteiger partial charge is 0.387 e. The van der Waals surface area contributed by atoms with E-state index < -0.39 is 6.61 Å². The lowest BCUT2D eigenvalue weighted by atomic mass is 10.1. The molecule has 1 atom stereocenters. The molecule has 0 fully saturated rings. The first-order chi connectivity index (χ1) is 8.97. The van der Waals surface area contributed by atoms with Crippen LogP contribution < -0.4 is 15.8 Å². The second-order valence-electron chi connectivity index (χ2n) is 4.32. The summed E-state index contributed by atoms with van der Waals surface area (Å²) in [5.41, 5.74) is 6.30. The second-order valence-corrected chi connectivity index (χ2v) is 4.32. The molecule has 0 aliphatic rings. The van der Waals surface area contributed by atoms with Gasteiger partial charge in [0.05, 0.1) is 6.42 Å². The Morgan fingerprint density at radius 2 is 1.95 bits per heavy atom. The Morgan fingerprint density at radius 3 is 2.45 bits per heavy atom. The summed E-state index contributed by atoms with van der Waals surface area (Å²) in [5.74, 6) is -0.0423. The number of carbonyl (C=O) groups excluding carboxylic acids is 1. The third-order valence-corrected chi connectivity index (χ3v) is 2.44. The average molecular weight is 309 g/mol. The van der Waals surface area contributed by atoms with Crippen molar-refractivity contribution in [1.29, 1.82) is 0 Å². The van der Waals surface area contributed by atoms with E-state index in [2.05, 4.69) is 10.1 Å². The summed E-state index contributed by atoms with van der Waals surface area (Å²) in [4.78, 5) is 11.6. The van der Waals surface area contributed by atoms with Crippen molar-refractivity contribution in [2.75, 3.05) is 6.54 Å². The van der Waals surface area contributed by atoms with Crippen molar-refractivity contribution in [1.82, 2.24) is 5.32 Å². The van der Waals surface area contributed by atoms with E-state index in [1.165, 1.54) is 12.1 Å². The molecule has 7 heteroatoms. The Labute approximate surface area is 123 Å². The van der Waals surface area contributed by atoms with Crippen LogP contribution in [-0.2, 0) is 11.2 Å². The monoisotopic (exact) mass is 308 g/mol. The fourth-order valence-electron chi connectivity index (χ4n) is 1.48. The first-order valence-corrected chi connectivity index (χ1v) is 6.03. The zero-order valence-corrected chi connectivity index (χ0v) is 12.0. The number of ether oxygens (including phenoxy) is 1. The minimum atomic E-state index is -2.84. The van der Waals surface area contributed by atoms with Crippen molar-refractivity contribution in [2.24, 2.45) is 5.73 Å². The van der Waals surface area contributed by atoms with Crippen LogP contribution in [0.1, 0.15) is 18.9 Å². The molecule has 0 aliphatic carbocycles. The highest BCUT2D eigenvalue weighted by molar-refractivity contribution is 5.85. The van der Waals surface area contributed by atoms with E-state index in [0.717, 1.165) is 5.56 Å². The number of hydrogen-bond donors (Lipinski definition) is 2. The molecule has 0 heterocycles. The molecule has 1 aromatic carbocycles. The molecule has 0 saturated carbocycles. The van der Waals surface area contributed by atoms with E-state index in [-0.39, 0.29) is 36.5 Å². The van der Waals surface area contributed by atoms with Crippen LogP contribution in [0.2, 0.25) is 0 Å². The first-order valence-electron chi connectivity index (χ1n) is 6.03. The van der Waals surface area contributed by atoms with E-state index >= 15 is 0 Å². The Bertz CT molecular complexity index is 400. The maximum absolute atomic E-state index is 11.9. The van der Waals surface area contributed by atoms with Crippen LogP contribution in [0.25, 0.3) is 0 Å². The van der Waals surface area contributed by atoms with Crippen LogP contribution in [0, 0.1) is 0 Å². The van der Waals surface area contributed by atoms with Gasteiger partial charge in [-0.15, -0.1) is 12.4 Å². The molecular weight excluding hydrogens is 290 g/mol. The summed E-state index contributed by atoms with van der Waals surface area (Å²) in [7, 11) is 0. The molecule has 0 spiro atoms. The highest BCUT2D eigenvalue weighted by atomic mass is 35.5. The summed E-state index contributed by atoms with van der Waals surface area (Å²) >= 11 is 0. The maximum atomic E-state index is 11.9. The number of halogens is 3. The Morgan fingerprint density at radius 1 is 1.35 bits per heavy atom. The number of amides is 1. The summed E-state index contributed by atoms with van der Waals surface area (Å²) in [6.45, 7) is -0.441. The Kier molecular flexibility index (Phi) is 8.83. The van der Waals surface area contributed by atoms with Gasteiger partial charge in [-0.1, -0.05) is 12.1 Å². The number of nitrogens with two attached hydrogens (primary N) is 1. The Balaban J connectivity index is 0.00000361. The van der Waals surface area contributed by atoms with Gasteiger partial charge in [0.15, 0.2) is 0 Å². The standard InChI is InChI=1S/C13H18F2N2O2.ClH/c1-9(16)6-7-17-12(18)8-10-2-4-11(5-3-10)19-13(14)15;/h2-5,9,13H,6-8,16H2,1H3,(H,17,18);1H. The summed E-state index contributed by atoms with van der Waals surface area (Å²) in [5, 5.41) is 2.74. The fourth-order valence-corrected chi connectivity index (χ4v) is 1.48. The average Bonchev–Trinajstić information content (AvgIpc) is 2.30. The Hall–Kier alpha value is -1.40. The van der Waals surface area contributed by atoms with Crippen molar-refractivity contribution < 1.29 is 18.3 Å². The second kappa shape index (κ2) is 9.50. The van der Waals surface area contributed by atoms with Gasteiger partial charge in [-0.2, -0.15) is 8.78 Å². The van der Waals surface area contributed by atoms with Crippen LogP contribution in [0.15, 0.2) is 24.3 Å². The summed E-state index contributed by atoms with van der Waals surface area (Å²) in [6, 6.07) is 6.05. The molecule has 1 unspecified atom stereocenters. The van der Waals surface area contributed by atoms with Gasteiger partial charge in [-0.05, 0) is 31.0 Å². The number of rotatable bonds is 7. The minimum Gasteiger partial charge on any atom is -0.435 e. The zero-order chi connectivity index (χ0) is 14.3. The third kappa shape index (κ3) is 7.91. The molecule has 3 N–H and O–H groups in total. The molecule has 1 amide bonds. The predicted octanol–water partition coefficient (Wildman–Crippen LogP) is 2.11. The molecule has 1 aromatic rings. The topological polar surface area (TPSA) is 64.3 Å². The molecule has 0 saturated heterocycles. The number of nitrogens with one attached hydrogen (secondary N) is 1. The normalized spacial score (nSPS) is 11.7. The van der Waals surface area contributed by atoms with E-state index in [1.807, 2.05) is 6.92 Å². The molecule has 114 valence electrons. The van der Waals surface area contributed by atoms with E-state index in [1.54, 1.807) is 12.1 Å². The van der Waals surface area contributed by atoms with Gasteiger partial charge >= 0.3 is 6.61 Å². The lowest BCUT2D eigenvalue weighted by molar-refractivity contribution is -0.120. The van der Waals surface area contributed by atoms with Crippen LogP contribution in [0.5, 0.6) is 5.75 Å². The third-order valence-electron chi connectivity index (χ3n) is 2.44. The summed E-state index contributed by atoms with van der Waals surface area (Å²) < 4.78 is 28.1. The molecule has 20 heavy (non-hydrogen) atoms. The van der Waals surface area contributed by atoms with Gasteiger partial charge in [0.25, 0.3) is 0 Å². The van der Waals surface area contributed by atoms with E-state index in [9.17, 15) is 13.6 Å². The van der Waals surface area contributed by atoms with Crippen LogP contribution >= 0.6 is 12.4 Å². The molecule has 1 rings (SSSR count). The highest BCUT2D eigenvalue weighted by Gasteiger charge is 2.06. The first kappa shape index (κ1) is 18.6. The lowest BCUT2D eigenvalue weighted by Gasteiger charge is -2.08. The highest BCUT2D eigenvalue weighted by Crippen LogP contribution is 2.15. The summed E-state index contributed by atoms with van der Waals surface area (Å²) in [6.07, 6.45) is 0.917. The van der Waals surface area contributed by atoms with Crippen LogP contribution in [0.3, 0.4) is 0 Å². The maximum Gasteiger partial charge on any atom is 0.387 e. The molecular formula is C13H19ClF2N2O2. The SMILES string of the molecule is CC(N)CCNC(=O)Cc1ccc(OC(F)F)cc1.Cl. The van der Waals surface area contributed by atoms with Crippen molar-refractivity contribution >= 4 is 18.3 Å². The van der Waals surface area contributed by atoms with Gasteiger partial charge in [-0.25, -0.2) is 0 Å². The van der Waals surface area contributed by atoms with Gasteiger partial charge in [-0.3, -0.25) is 4.79 Å². The number of alkyl halides is 2. The van der Waals surface area contributed by atoms with E-state index in [4.69, 9.17) is 5.73 Å². The van der Waals surface area contributed by atoms with Crippen molar-refractivity contribution in [3.63, 3.8) is 0 Å². The molecule has 0 bridgehead atoms. The minimum absolute atomic E-state index is 0. The largest absolute Gasteiger partial charge is 0.435 e. The van der Waals surface area contributed by atoms with Crippen molar-refractivity contribution in [3.05, 3.63) is 29.8 Å². The lowest BCUT2D eigenvalue weighted by Crippen LogP contribution is -2.29. The predicted molar refractivity (Wildman–Crippen MR) is 75.3 cm³/mol. The van der Waals surface area contributed by atoms with Crippen molar-refractivity contribution in [2.45, 2.75) is 32.4 Å².